The van der Waals surface area contributed by atoms with Gasteiger partial charge in [0.25, 0.3) is 0 Å². The maximum Gasteiger partial charge on any atom is 0.344 e. The van der Waals surface area contributed by atoms with Gasteiger partial charge in [-0.3, -0.25) is 9.36 Å². The van der Waals surface area contributed by atoms with Crippen molar-refractivity contribution in [3.05, 3.63) is 22.7 Å². The zero-order valence-electron chi connectivity index (χ0n) is 12.4. The van der Waals surface area contributed by atoms with Crippen LogP contribution < -0.4 is 11.0 Å². The molecule has 1 aliphatic rings. The Hall–Kier alpha value is -2.03. The van der Waals surface area contributed by atoms with E-state index in [2.05, 4.69) is 20.6 Å². The second kappa shape index (κ2) is 5.99. The first-order chi connectivity index (χ1) is 10.6. The summed E-state index contributed by atoms with van der Waals surface area (Å²) in [6.07, 6.45) is 3.64. The lowest BCUT2D eigenvalue weighted by Crippen LogP contribution is -2.19. The summed E-state index contributed by atoms with van der Waals surface area (Å²) in [4.78, 5) is 23.7. The van der Waals surface area contributed by atoms with Crippen LogP contribution in [-0.2, 0) is 4.79 Å². The van der Waals surface area contributed by atoms with Crippen molar-refractivity contribution in [2.45, 2.75) is 43.9 Å². The molecule has 0 radical (unpaired) electrons. The van der Waals surface area contributed by atoms with E-state index in [0.717, 1.165) is 12.8 Å². The molecule has 2 aromatic rings. The Morgan fingerprint density at radius 2 is 2.32 bits per heavy atom. The number of nitrogens with zero attached hydrogens (tertiary/aromatic N) is 4. The van der Waals surface area contributed by atoms with Crippen LogP contribution in [0.4, 0.5) is 5.82 Å². The van der Waals surface area contributed by atoms with E-state index >= 15 is 0 Å². The van der Waals surface area contributed by atoms with Crippen LogP contribution in [0.2, 0.25) is 0 Å². The van der Waals surface area contributed by atoms with E-state index in [1.54, 1.807) is 21.5 Å². The van der Waals surface area contributed by atoms with Gasteiger partial charge in [0.1, 0.15) is 5.82 Å². The van der Waals surface area contributed by atoms with Gasteiger partial charge in [0, 0.05) is 18.2 Å². The number of hydrogen-bond donors (Lipinski definition) is 2. The van der Waals surface area contributed by atoms with Crippen molar-refractivity contribution in [1.29, 1.82) is 0 Å². The summed E-state index contributed by atoms with van der Waals surface area (Å²) in [5.41, 5.74) is -0.205. The standard InChI is InChI=1S/C13H18N6O2S/c1-8(2)19-10(5-6-14-19)15-11(20)7-22-13-17-16-12(21)18(13)9-3-4-9/h5-6,8-9H,3-4,7H2,1-2H3,(H,15,20)(H,16,21). The molecule has 0 aromatic carbocycles. The van der Waals surface area contributed by atoms with Crippen molar-refractivity contribution in [3.63, 3.8) is 0 Å². The molecule has 8 nitrogen and oxygen atoms in total. The Morgan fingerprint density at radius 1 is 1.55 bits per heavy atom. The number of aromatic nitrogens is 5. The van der Waals surface area contributed by atoms with E-state index in [0.29, 0.717) is 11.0 Å². The lowest BCUT2D eigenvalue weighted by molar-refractivity contribution is -0.113. The molecule has 2 aromatic heterocycles. The highest BCUT2D eigenvalue weighted by atomic mass is 32.2. The van der Waals surface area contributed by atoms with Gasteiger partial charge in [-0.1, -0.05) is 11.8 Å². The maximum atomic E-state index is 12.1. The van der Waals surface area contributed by atoms with Crippen molar-refractivity contribution in [1.82, 2.24) is 24.5 Å². The first kappa shape index (κ1) is 14.9. The average molecular weight is 322 g/mol. The number of amides is 1. The van der Waals surface area contributed by atoms with Crippen LogP contribution in [-0.4, -0.2) is 36.2 Å². The summed E-state index contributed by atoms with van der Waals surface area (Å²) >= 11 is 1.26. The Bertz CT molecular complexity index is 727. The summed E-state index contributed by atoms with van der Waals surface area (Å²) < 4.78 is 3.38. The summed E-state index contributed by atoms with van der Waals surface area (Å²) in [5, 5.41) is 14.0. The molecule has 3 rings (SSSR count). The number of rotatable bonds is 6. The number of thioether (sulfide) groups is 1. The highest BCUT2D eigenvalue weighted by molar-refractivity contribution is 7.99. The van der Waals surface area contributed by atoms with E-state index in [9.17, 15) is 9.59 Å². The molecule has 2 heterocycles. The topological polar surface area (TPSA) is 97.6 Å². The molecule has 1 saturated carbocycles. The third kappa shape index (κ3) is 3.08. The highest BCUT2D eigenvalue weighted by Gasteiger charge is 2.28. The number of hydrogen-bond acceptors (Lipinski definition) is 5. The van der Waals surface area contributed by atoms with E-state index in [-0.39, 0.29) is 29.4 Å². The molecule has 0 spiro atoms. The maximum absolute atomic E-state index is 12.1. The van der Waals surface area contributed by atoms with Gasteiger partial charge in [0.05, 0.1) is 11.9 Å². The molecule has 1 amide bonds. The summed E-state index contributed by atoms with van der Waals surface area (Å²) in [7, 11) is 0. The fourth-order valence-corrected chi connectivity index (χ4v) is 2.99. The summed E-state index contributed by atoms with van der Waals surface area (Å²) in [6, 6.07) is 2.17. The smallest absolute Gasteiger partial charge is 0.310 e. The lowest BCUT2D eigenvalue weighted by Gasteiger charge is -2.11. The molecule has 0 unspecified atom stereocenters. The fourth-order valence-electron chi connectivity index (χ4n) is 2.18. The number of carbonyl (C=O) groups is 1. The van der Waals surface area contributed by atoms with E-state index < -0.39 is 0 Å². The minimum atomic E-state index is -0.205. The molecule has 0 saturated heterocycles. The second-order valence-electron chi connectivity index (χ2n) is 5.50. The second-order valence-corrected chi connectivity index (χ2v) is 6.45. The lowest BCUT2D eigenvalue weighted by atomic mass is 10.4. The zero-order valence-corrected chi connectivity index (χ0v) is 13.3. The molecule has 9 heteroatoms. The molecule has 2 N–H and O–H groups in total. The molecule has 0 atom stereocenters. The zero-order chi connectivity index (χ0) is 15.7. The van der Waals surface area contributed by atoms with Crippen LogP contribution in [0.3, 0.4) is 0 Å². The van der Waals surface area contributed by atoms with Gasteiger partial charge in [-0.2, -0.15) is 5.10 Å². The van der Waals surface area contributed by atoms with Crippen LogP contribution in [0.25, 0.3) is 0 Å². The first-order valence-corrected chi connectivity index (χ1v) is 8.18. The third-order valence-electron chi connectivity index (χ3n) is 3.34. The highest BCUT2D eigenvalue weighted by Crippen LogP contribution is 2.35. The SMILES string of the molecule is CC(C)n1nccc1NC(=O)CSc1n[nH]c(=O)n1C1CC1. The van der Waals surface area contributed by atoms with Crippen molar-refractivity contribution >= 4 is 23.5 Å². The number of H-pyrrole nitrogens is 1. The quantitative estimate of drug-likeness (QED) is 0.784. The Morgan fingerprint density at radius 3 is 3.00 bits per heavy atom. The van der Waals surface area contributed by atoms with Gasteiger partial charge in [-0.15, -0.1) is 5.10 Å². The van der Waals surface area contributed by atoms with Crippen LogP contribution in [0.5, 0.6) is 0 Å². The largest absolute Gasteiger partial charge is 0.344 e. The van der Waals surface area contributed by atoms with Crippen molar-refractivity contribution < 1.29 is 4.79 Å². The van der Waals surface area contributed by atoms with Gasteiger partial charge in [0.15, 0.2) is 5.16 Å². The van der Waals surface area contributed by atoms with E-state index in [4.69, 9.17) is 0 Å². The van der Waals surface area contributed by atoms with Crippen LogP contribution in [0.15, 0.2) is 22.2 Å². The minimum Gasteiger partial charge on any atom is -0.310 e. The predicted octanol–water partition coefficient (Wildman–Crippen LogP) is 1.41. The molecule has 1 fully saturated rings. The number of nitrogens with one attached hydrogen (secondary N) is 2. The van der Waals surface area contributed by atoms with E-state index in [1.807, 2.05) is 13.8 Å². The van der Waals surface area contributed by atoms with Crippen molar-refractivity contribution in [3.8, 4) is 0 Å². The number of anilines is 1. The van der Waals surface area contributed by atoms with Gasteiger partial charge < -0.3 is 5.32 Å². The van der Waals surface area contributed by atoms with Crippen molar-refractivity contribution in [2.24, 2.45) is 0 Å². The molecule has 22 heavy (non-hydrogen) atoms. The van der Waals surface area contributed by atoms with Gasteiger partial charge in [-0.05, 0) is 26.7 Å². The Kier molecular flexibility index (Phi) is 4.06. The van der Waals surface area contributed by atoms with Gasteiger partial charge in [-0.25, -0.2) is 14.6 Å². The van der Waals surface area contributed by atoms with Crippen LogP contribution >= 0.6 is 11.8 Å². The van der Waals surface area contributed by atoms with Crippen molar-refractivity contribution in [2.75, 3.05) is 11.1 Å². The number of aromatic amines is 1. The molecular formula is C13H18N6O2S. The first-order valence-electron chi connectivity index (χ1n) is 7.19. The molecule has 0 aliphatic heterocycles. The average Bonchev–Trinajstić information content (AvgIpc) is 3.07. The molecule has 0 bridgehead atoms. The minimum absolute atomic E-state index is 0.148. The predicted molar refractivity (Wildman–Crippen MR) is 83.1 cm³/mol. The third-order valence-corrected chi connectivity index (χ3v) is 4.30. The number of carbonyl (C=O) groups excluding carboxylic acids is 1. The fraction of sp³-hybridized carbons (Fsp3) is 0.538. The molecular weight excluding hydrogens is 304 g/mol. The van der Waals surface area contributed by atoms with Crippen LogP contribution in [0, 0.1) is 0 Å². The van der Waals surface area contributed by atoms with Gasteiger partial charge in [0.2, 0.25) is 5.91 Å². The van der Waals surface area contributed by atoms with E-state index in [1.165, 1.54) is 11.8 Å². The monoisotopic (exact) mass is 322 g/mol. The van der Waals surface area contributed by atoms with Gasteiger partial charge >= 0.3 is 5.69 Å². The van der Waals surface area contributed by atoms with Crippen LogP contribution in [0.1, 0.15) is 38.8 Å². The summed E-state index contributed by atoms with van der Waals surface area (Å²) in [5.74, 6) is 0.715. The Labute approximate surface area is 131 Å². The Balaban J connectivity index is 1.61. The molecule has 118 valence electrons. The normalized spacial score (nSPS) is 14.5. The summed E-state index contributed by atoms with van der Waals surface area (Å²) in [6.45, 7) is 3.99. The molecule has 1 aliphatic carbocycles.